The van der Waals surface area contributed by atoms with Crippen LogP contribution >= 0.6 is 11.8 Å². The molecule has 5 aromatic rings. The van der Waals surface area contributed by atoms with E-state index in [0.717, 1.165) is 45.4 Å². The Bertz CT molecular complexity index is 1840. The average Bonchev–Trinajstić information content (AvgIpc) is 3.21. The van der Waals surface area contributed by atoms with Crippen LogP contribution in [0.2, 0.25) is 0 Å². The van der Waals surface area contributed by atoms with Crippen molar-refractivity contribution in [2.24, 2.45) is 0 Å². The summed E-state index contributed by atoms with van der Waals surface area (Å²) in [5.41, 5.74) is 7.42. The zero-order valence-electron chi connectivity index (χ0n) is 29.3. The standard InChI is InChI=1S/C45H46O6S/c46-28-38-22-13-23-39(26-38)40-24-25-51-45(27-40)44(50-32-37-20-11-4-12-21-37)43(49-31-36-18-9-3-10-19-36)42(48-30-35-16-7-2-8-17-35)41(52-45)33-47-29-34-14-5-1-6-15-34/h1-23,26-27,41-44,46H,24-25,28-33H2/t41-,42-,43+,44-,45+/m1/s1. The number of thioether (sulfide) groups is 1. The molecule has 0 saturated carbocycles. The van der Waals surface area contributed by atoms with Crippen LogP contribution in [0.4, 0.5) is 0 Å². The first-order chi connectivity index (χ1) is 25.7. The summed E-state index contributed by atoms with van der Waals surface area (Å²) in [5, 5.41) is 9.80. The lowest BCUT2D eigenvalue weighted by molar-refractivity contribution is -0.198. The molecule has 6 nitrogen and oxygen atoms in total. The highest BCUT2D eigenvalue weighted by Crippen LogP contribution is 2.50. The summed E-state index contributed by atoms with van der Waals surface area (Å²) >= 11 is 1.71. The Kier molecular flexibility index (Phi) is 12.7. The zero-order valence-corrected chi connectivity index (χ0v) is 30.1. The third-order valence-corrected chi connectivity index (χ3v) is 11.1. The van der Waals surface area contributed by atoms with E-state index in [0.29, 0.717) is 39.6 Å². The molecule has 0 aromatic heterocycles. The van der Waals surface area contributed by atoms with Crippen LogP contribution in [0.5, 0.6) is 0 Å². The number of aliphatic hydroxyl groups is 1. The van der Waals surface area contributed by atoms with E-state index < -0.39 is 23.2 Å². The average molecular weight is 715 g/mol. The predicted molar refractivity (Wildman–Crippen MR) is 206 cm³/mol. The minimum atomic E-state index is -0.910. The minimum absolute atomic E-state index is 0.0169. The van der Waals surface area contributed by atoms with E-state index >= 15 is 0 Å². The Labute approximate surface area is 311 Å². The van der Waals surface area contributed by atoms with Gasteiger partial charge >= 0.3 is 0 Å². The molecule has 268 valence electrons. The molecule has 0 amide bonds. The second-order valence-corrected chi connectivity index (χ2v) is 14.7. The minimum Gasteiger partial charge on any atom is -0.392 e. The molecule has 5 aromatic carbocycles. The molecule has 2 heterocycles. The van der Waals surface area contributed by atoms with Gasteiger partial charge in [0, 0.05) is 0 Å². The van der Waals surface area contributed by atoms with Gasteiger partial charge in [0.15, 0.2) is 4.93 Å². The molecule has 7 rings (SSSR count). The molecule has 5 atom stereocenters. The molecule has 52 heavy (non-hydrogen) atoms. The second kappa shape index (κ2) is 18.1. The van der Waals surface area contributed by atoms with Gasteiger partial charge in [-0.05, 0) is 57.5 Å². The van der Waals surface area contributed by atoms with Crippen molar-refractivity contribution in [1.29, 1.82) is 0 Å². The summed E-state index contributed by atoms with van der Waals surface area (Å²) < 4.78 is 34.4. The number of benzene rings is 5. The summed E-state index contributed by atoms with van der Waals surface area (Å²) in [6.07, 6.45) is 1.53. The second-order valence-electron chi connectivity index (χ2n) is 13.2. The molecular formula is C45H46O6S. The lowest BCUT2D eigenvalue weighted by atomic mass is 9.91. The highest BCUT2D eigenvalue weighted by molar-refractivity contribution is 8.01. The fraction of sp³-hybridized carbons (Fsp3) is 0.289. The van der Waals surface area contributed by atoms with Crippen molar-refractivity contribution in [3.8, 4) is 0 Å². The number of rotatable bonds is 15. The van der Waals surface area contributed by atoms with Crippen molar-refractivity contribution >= 4 is 17.3 Å². The van der Waals surface area contributed by atoms with Gasteiger partial charge in [0.05, 0.1) is 51.5 Å². The maximum absolute atomic E-state index is 9.96. The first-order valence-corrected chi connectivity index (χ1v) is 18.9. The normalized spacial score (nSPS) is 23.0. The van der Waals surface area contributed by atoms with E-state index in [1.807, 2.05) is 84.9 Å². The van der Waals surface area contributed by atoms with Crippen molar-refractivity contribution in [2.75, 3.05) is 13.2 Å². The molecule has 2 aliphatic rings. The molecule has 0 aliphatic carbocycles. The third-order valence-electron chi connectivity index (χ3n) is 9.51. The van der Waals surface area contributed by atoms with E-state index in [2.05, 4.69) is 66.7 Å². The van der Waals surface area contributed by atoms with Crippen LogP contribution in [0.1, 0.15) is 39.8 Å². The molecule has 0 bridgehead atoms. The van der Waals surface area contributed by atoms with Crippen LogP contribution in [0.3, 0.4) is 0 Å². The fourth-order valence-corrected chi connectivity index (χ4v) is 8.58. The van der Waals surface area contributed by atoms with E-state index in [-0.39, 0.29) is 11.9 Å². The number of aliphatic hydroxyl groups excluding tert-OH is 1. The maximum atomic E-state index is 9.96. The van der Waals surface area contributed by atoms with Gasteiger partial charge in [0.1, 0.15) is 18.3 Å². The topological polar surface area (TPSA) is 66.4 Å². The molecule has 2 aliphatic heterocycles. The highest BCUT2D eigenvalue weighted by Gasteiger charge is 2.57. The Hall–Kier alpha value is -4.05. The van der Waals surface area contributed by atoms with Crippen LogP contribution in [0, 0.1) is 0 Å². The Morgan fingerprint density at radius 2 is 1.12 bits per heavy atom. The molecule has 0 unspecified atom stereocenters. The van der Waals surface area contributed by atoms with Crippen molar-refractivity contribution in [2.45, 2.75) is 68.0 Å². The predicted octanol–water partition coefficient (Wildman–Crippen LogP) is 8.77. The van der Waals surface area contributed by atoms with Gasteiger partial charge < -0.3 is 28.8 Å². The van der Waals surface area contributed by atoms with Gasteiger partial charge in [0.2, 0.25) is 0 Å². The smallest absolute Gasteiger partial charge is 0.162 e. The largest absolute Gasteiger partial charge is 0.392 e. The SMILES string of the molecule is OCc1cccc(C2=C[C@]3(OCC2)S[C@H](COCc2ccccc2)[C@@H](OCc2ccccc2)[C@H](OCc2ccccc2)[C@H]3OCc2ccccc2)c1. The van der Waals surface area contributed by atoms with Gasteiger partial charge in [-0.2, -0.15) is 0 Å². The van der Waals surface area contributed by atoms with Gasteiger partial charge in [-0.1, -0.05) is 140 Å². The number of hydrogen-bond donors (Lipinski definition) is 1. The van der Waals surface area contributed by atoms with Crippen molar-refractivity contribution < 1.29 is 28.8 Å². The van der Waals surface area contributed by atoms with Gasteiger partial charge in [0.25, 0.3) is 0 Å². The summed E-state index contributed by atoms with van der Waals surface area (Å²) in [4.78, 5) is -0.910. The van der Waals surface area contributed by atoms with Gasteiger partial charge in [-0.3, -0.25) is 0 Å². The number of hydrogen-bond acceptors (Lipinski definition) is 7. The molecule has 1 spiro atoms. The summed E-state index contributed by atoms with van der Waals surface area (Å²) in [5.74, 6) is 0. The molecule has 1 fully saturated rings. The maximum Gasteiger partial charge on any atom is 0.162 e. The van der Waals surface area contributed by atoms with Crippen LogP contribution in [-0.2, 0) is 56.7 Å². The van der Waals surface area contributed by atoms with Crippen molar-refractivity contribution in [1.82, 2.24) is 0 Å². The van der Waals surface area contributed by atoms with Crippen molar-refractivity contribution in [3.63, 3.8) is 0 Å². The van der Waals surface area contributed by atoms with E-state index in [1.54, 1.807) is 11.8 Å². The lowest BCUT2D eigenvalue weighted by Crippen LogP contribution is -2.63. The van der Waals surface area contributed by atoms with Gasteiger partial charge in [-0.15, -0.1) is 11.8 Å². The van der Waals surface area contributed by atoms with E-state index in [4.69, 9.17) is 23.7 Å². The summed E-state index contributed by atoms with van der Waals surface area (Å²) in [6, 6.07) is 49.1. The molecule has 1 saturated heterocycles. The monoisotopic (exact) mass is 714 g/mol. The number of ether oxygens (including phenoxy) is 5. The van der Waals surface area contributed by atoms with Crippen molar-refractivity contribution in [3.05, 3.63) is 185 Å². The van der Waals surface area contributed by atoms with Crippen LogP contribution in [0.25, 0.3) is 5.57 Å². The Balaban J connectivity index is 1.29. The third kappa shape index (κ3) is 9.29. The molecular weight excluding hydrogens is 669 g/mol. The highest BCUT2D eigenvalue weighted by atomic mass is 32.2. The molecule has 7 heteroatoms. The first kappa shape index (κ1) is 36.3. The summed E-state index contributed by atoms with van der Waals surface area (Å²) in [7, 11) is 0. The van der Waals surface area contributed by atoms with Crippen LogP contribution in [0.15, 0.2) is 152 Å². The van der Waals surface area contributed by atoms with E-state index in [9.17, 15) is 5.11 Å². The first-order valence-electron chi connectivity index (χ1n) is 18.0. The lowest BCUT2D eigenvalue weighted by Gasteiger charge is -2.52. The fourth-order valence-electron chi connectivity index (χ4n) is 6.88. The summed E-state index contributed by atoms with van der Waals surface area (Å²) in [6.45, 7) is 2.57. The Morgan fingerprint density at radius 1 is 0.596 bits per heavy atom. The Morgan fingerprint density at radius 3 is 1.69 bits per heavy atom. The van der Waals surface area contributed by atoms with Gasteiger partial charge in [-0.25, -0.2) is 0 Å². The van der Waals surface area contributed by atoms with E-state index in [1.165, 1.54) is 0 Å². The van der Waals surface area contributed by atoms with Crippen LogP contribution < -0.4 is 0 Å². The zero-order chi connectivity index (χ0) is 35.4. The van der Waals surface area contributed by atoms with Crippen LogP contribution in [-0.4, -0.2) is 46.8 Å². The quantitative estimate of drug-likeness (QED) is 0.116. The molecule has 1 N–H and O–H groups in total. The molecule has 0 radical (unpaired) electrons.